The minimum Gasteiger partial charge on any atom is -1.00 e. The molecule has 0 fully saturated rings. The van der Waals surface area contributed by atoms with E-state index in [1.54, 1.807) is 50.6 Å². The summed E-state index contributed by atoms with van der Waals surface area (Å²) >= 11 is 9.48. The lowest BCUT2D eigenvalue weighted by atomic mass is 10.2. The van der Waals surface area contributed by atoms with Gasteiger partial charge in [-0.15, -0.1) is 0 Å². The molecule has 424 valence electrons. The maximum Gasteiger partial charge on any atom is 0.341 e. The number of nitrogen functional groups attached to an aromatic ring is 2. The van der Waals surface area contributed by atoms with E-state index in [1.807, 2.05) is 109 Å². The number of nitrogens with two attached hydrogens (primary N) is 2. The highest BCUT2D eigenvalue weighted by atomic mass is 79.9. The van der Waals surface area contributed by atoms with Crippen LogP contribution in [0.15, 0.2) is 211 Å². The smallest absolute Gasteiger partial charge is 0.341 e. The molecule has 12 rings (SSSR count). The Morgan fingerprint density at radius 3 is 1.65 bits per heavy atom. The molecular formula is C60H56Br3ClN14O5. The Bertz CT molecular complexity index is 4010. The maximum absolute atomic E-state index is 12.0. The Balaban J connectivity index is 0.000000169. The van der Waals surface area contributed by atoms with Crippen LogP contribution < -0.4 is 60.1 Å². The number of carbonyl (C=O) groups excluding carboxylic acids is 2. The topological polar surface area (TPSA) is 273 Å². The number of rotatable bonds is 11. The van der Waals surface area contributed by atoms with Crippen molar-refractivity contribution in [3.8, 4) is 34.2 Å². The summed E-state index contributed by atoms with van der Waals surface area (Å²) in [6.07, 6.45) is 11.9. The predicted octanol–water partition coefficient (Wildman–Crippen LogP) is 4.33. The molecule has 23 heteroatoms. The molecule has 0 saturated heterocycles. The van der Waals surface area contributed by atoms with Crippen LogP contribution in [-0.4, -0.2) is 75.0 Å². The second-order valence-corrected chi connectivity index (χ2v) is 18.5. The minimum atomic E-state index is -0.414. The van der Waals surface area contributed by atoms with Gasteiger partial charge in [0.1, 0.15) is 51.2 Å². The van der Waals surface area contributed by atoms with Crippen molar-refractivity contribution in [2.45, 2.75) is 26.9 Å². The van der Waals surface area contributed by atoms with Gasteiger partial charge in [-0.25, -0.2) is 24.5 Å². The number of halogens is 4. The highest BCUT2D eigenvalue weighted by molar-refractivity contribution is 9.10. The van der Waals surface area contributed by atoms with E-state index in [-0.39, 0.29) is 45.5 Å². The van der Waals surface area contributed by atoms with Gasteiger partial charge in [0.05, 0.1) is 53.1 Å². The molecule has 0 atom stereocenters. The van der Waals surface area contributed by atoms with Gasteiger partial charge >= 0.3 is 11.9 Å². The van der Waals surface area contributed by atoms with Crippen molar-refractivity contribution in [2.75, 3.05) is 24.7 Å². The number of nitrogens with one attached hydrogen (secondary N) is 5. The summed E-state index contributed by atoms with van der Waals surface area (Å²) in [5.41, 5.74) is 20.8. The third-order valence-corrected chi connectivity index (χ3v) is 12.8. The van der Waals surface area contributed by atoms with E-state index in [4.69, 9.17) is 32.5 Å². The van der Waals surface area contributed by atoms with Gasteiger partial charge in [0.15, 0.2) is 25.5 Å². The van der Waals surface area contributed by atoms with Crippen LogP contribution in [0.3, 0.4) is 0 Å². The number of H-pyrrole nitrogens is 5. The first kappa shape index (κ1) is 63.1. The normalized spacial score (nSPS) is 10.2. The summed E-state index contributed by atoms with van der Waals surface area (Å²) in [4.78, 5) is 69.5. The number of hydrogen-bond donors (Lipinski definition) is 7. The Morgan fingerprint density at radius 1 is 0.566 bits per heavy atom. The van der Waals surface area contributed by atoms with Gasteiger partial charge < -0.3 is 79.8 Å². The van der Waals surface area contributed by atoms with Crippen molar-refractivity contribution in [1.29, 1.82) is 0 Å². The van der Waals surface area contributed by atoms with E-state index < -0.39 is 5.97 Å². The summed E-state index contributed by atoms with van der Waals surface area (Å²) in [6, 6.07) is 51.0. The van der Waals surface area contributed by atoms with Gasteiger partial charge in [0.25, 0.3) is 5.56 Å². The molecule has 0 saturated carbocycles. The first-order valence-electron chi connectivity index (χ1n) is 25.3. The zero-order valence-corrected chi connectivity index (χ0v) is 50.2. The monoisotopic (exact) mass is 1320 g/mol. The number of pyridine rings is 4. The predicted molar refractivity (Wildman–Crippen MR) is 315 cm³/mol. The van der Waals surface area contributed by atoms with E-state index in [0.29, 0.717) is 52.2 Å². The average Bonchev–Trinajstić information content (AvgIpc) is 4.34. The van der Waals surface area contributed by atoms with Crippen LogP contribution in [0, 0.1) is 0 Å². The fourth-order valence-corrected chi connectivity index (χ4v) is 8.52. The molecule has 0 bridgehead atoms. The lowest BCUT2D eigenvalue weighted by Gasteiger charge is -2.02. The van der Waals surface area contributed by atoms with Gasteiger partial charge in [0, 0.05) is 69.9 Å². The largest absolute Gasteiger partial charge is 1.00 e. The highest BCUT2D eigenvalue weighted by Gasteiger charge is 2.21. The van der Waals surface area contributed by atoms with Crippen LogP contribution in [0.5, 0.6) is 0 Å². The number of benzene rings is 2. The Labute approximate surface area is 511 Å². The number of ether oxygens (including phenoxy) is 2. The minimum absolute atomic E-state index is 0. The zero-order chi connectivity index (χ0) is 56.9. The number of anilines is 2. The number of aromatic amines is 5. The molecule has 9 N–H and O–H groups in total. The van der Waals surface area contributed by atoms with Crippen LogP contribution in [0.1, 0.15) is 45.7 Å². The lowest BCUT2D eigenvalue weighted by Crippen LogP contribution is -3.00. The van der Waals surface area contributed by atoms with E-state index >= 15 is 0 Å². The van der Waals surface area contributed by atoms with Crippen molar-refractivity contribution in [1.82, 2.24) is 49.8 Å². The van der Waals surface area contributed by atoms with Crippen LogP contribution in [0.2, 0.25) is 5.15 Å². The van der Waals surface area contributed by atoms with Gasteiger partial charge in [-0.2, -0.15) is 9.13 Å². The Morgan fingerprint density at radius 2 is 1.11 bits per heavy atom. The van der Waals surface area contributed by atoms with E-state index in [0.717, 1.165) is 62.9 Å². The number of nitrogens with zero attached hydrogens (tertiary/aromatic N) is 7. The molecule has 19 nitrogen and oxygen atoms in total. The van der Waals surface area contributed by atoms with Crippen molar-refractivity contribution >= 4 is 73.2 Å². The Hall–Kier alpha value is -9.09. The third-order valence-electron chi connectivity index (χ3n) is 11.8. The zero-order valence-electron chi connectivity index (χ0n) is 44.7. The molecule has 0 spiro atoms. The third kappa shape index (κ3) is 17.5. The van der Waals surface area contributed by atoms with Crippen molar-refractivity contribution in [3.05, 3.63) is 244 Å². The second-order valence-electron chi connectivity index (χ2n) is 17.3. The van der Waals surface area contributed by atoms with Gasteiger partial charge in [0.2, 0.25) is 10.3 Å². The molecule has 0 amide bonds. The average molecular weight is 1330 g/mol. The summed E-state index contributed by atoms with van der Waals surface area (Å²) in [5.74, 6) is -0.128. The molecule has 2 aromatic carbocycles. The number of hydrogen-bond acceptors (Lipinski definition) is 12. The number of carbonyl (C=O) groups is 2. The van der Waals surface area contributed by atoms with Crippen molar-refractivity contribution < 1.29 is 62.2 Å². The standard InChI is InChI=1S/C19H19N3O2.C12H11BrN.C11H7ClN4.C11H8N4O.C7H10N2O2.2BrH/c1-2-24-19(23)15-12-16(21-18(15)20)17-10-6-7-11-22(17)13-14-8-4-3-5-9-14;13-12-8-4-5-9-14(12)10-11-6-2-1-3-7-11;12-10-7-5-9(8-3-1-2-4-13-8)16-11(7)15-6-14-10;16-11-7-5-9(8-3-1-2-4-12-8)15-10(7)13-6-14-11;1-2-11-7(10)5-3-4-9-6(5)8;;/h3-12H,2,13H2,1H3,(H2,20,21);1-9H,10H2;1-6H,(H,14,15,16);1-6H,(H2,13,14,15,16);3-4,9H,2,8H2,1H3;2*1H/q;+1;;;;;/p-1. The molecule has 10 aromatic heterocycles. The van der Waals surface area contributed by atoms with Crippen molar-refractivity contribution in [2.24, 2.45) is 0 Å². The van der Waals surface area contributed by atoms with Crippen LogP contribution >= 0.6 is 27.5 Å². The maximum atomic E-state index is 12.0. The van der Waals surface area contributed by atoms with E-state index in [9.17, 15) is 14.4 Å². The highest BCUT2D eigenvalue weighted by Crippen LogP contribution is 2.26. The number of esters is 2. The molecular weight excluding hydrogens is 1270 g/mol. The molecule has 12 aromatic rings. The van der Waals surface area contributed by atoms with E-state index in [2.05, 4.69) is 117 Å². The number of aromatic nitrogens is 12. The molecule has 0 aliphatic heterocycles. The first-order chi connectivity index (χ1) is 39.5. The molecule has 0 radical (unpaired) electrons. The summed E-state index contributed by atoms with van der Waals surface area (Å²) in [5, 5.41) is 1.80. The molecule has 0 aliphatic rings. The number of fused-ring (bicyclic) bond motifs is 2. The summed E-state index contributed by atoms with van der Waals surface area (Å²) in [7, 11) is 0. The molecule has 0 aliphatic carbocycles. The SMILES string of the molecule is Brc1cccc[n+]1Cc1ccccc1.CCOC(=O)c1cc(-c2cccc[n+]2Cc2ccccc2)[nH]c1N.CCOC(=O)c1cc[nH]c1N.Clc1ncnc2[nH]c(-c3ccccn3)cc12.O=c1[nH]cnc2[nH]c(-c3ccccn3)cc12.[Br-].[Br-]. The van der Waals surface area contributed by atoms with Crippen LogP contribution in [-0.2, 0) is 22.6 Å². The van der Waals surface area contributed by atoms with Crippen LogP contribution in [0.4, 0.5) is 11.6 Å². The van der Waals surface area contributed by atoms with Crippen LogP contribution in [0.25, 0.3) is 56.2 Å². The molecule has 10 heterocycles. The van der Waals surface area contributed by atoms with Crippen molar-refractivity contribution in [3.63, 3.8) is 0 Å². The van der Waals surface area contributed by atoms with Gasteiger partial charge in [-0.1, -0.05) is 84.4 Å². The molecule has 83 heavy (non-hydrogen) atoms. The van der Waals surface area contributed by atoms with Gasteiger partial charge in [-0.05, 0) is 74.5 Å². The second kappa shape index (κ2) is 31.8. The first-order valence-corrected chi connectivity index (χ1v) is 26.5. The quantitative estimate of drug-likeness (QED) is 0.0413. The molecule has 0 unspecified atom stereocenters. The fraction of sp³-hybridized carbons (Fsp3) is 0.100. The lowest BCUT2D eigenvalue weighted by molar-refractivity contribution is -0.699. The summed E-state index contributed by atoms with van der Waals surface area (Å²) < 4.78 is 15.1. The van der Waals surface area contributed by atoms with E-state index in [1.165, 1.54) is 23.8 Å². The van der Waals surface area contributed by atoms with Gasteiger partial charge in [-0.3, -0.25) is 14.8 Å². The summed E-state index contributed by atoms with van der Waals surface area (Å²) in [6.45, 7) is 5.84. The Kier molecular flexibility index (Phi) is 24.2. The fourth-order valence-electron chi connectivity index (χ4n) is 7.94.